The van der Waals surface area contributed by atoms with Gasteiger partial charge in [0, 0.05) is 11.6 Å². The van der Waals surface area contributed by atoms with Crippen molar-refractivity contribution in [1.29, 1.82) is 0 Å². The molecule has 0 atom stereocenters. The summed E-state index contributed by atoms with van der Waals surface area (Å²) in [6.07, 6.45) is 5.95. The number of benzene rings is 1. The van der Waals surface area contributed by atoms with Crippen molar-refractivity contribution in [3.05, 3.63) is 29.8 Å². The number of carbonyl (C=O) groups excluding carboxylic acids is 1. The Kier molecular flexibility index (Phi) is 5.33. The molecule has 122 valence electrons. The van der Waals surface area contributed by atoms with E-state index in [9.17, 15) is 4.79 Å². The highest BCUT2D eigenvalue weighted by Gasteiger charge is 2.16. The number of aryl methyl sites for hydroxylation is 1. The molecule has 1 fully saturated rings. The molecule has 1 amide bonds. The summed E-state index contributed by atoms with van der Waals surface area (Å²) in [5.41, 5.74) is 2.21. The summed E-state index contributed by atoms with van der Waals surface area (Å²) in [5.74, 6) is 1.17. The quantitative estimate of drug-likeness (QED) is 0.825. The lowest BCUT2D eigenvalue weighted by atomic mass is 9.95. The van der Waals surface area contributed by atoms with Crippen molar-refractivity contribution in [1.82, 2.24) is 20.5 Å². The Balaban J connectivity index is 1.50. The van der Waals surface area contributed by atoms with Gasteiger partial charge in [0.2, 0.25) is 11.1 Å². The van der Waals surface area contributed by atoms with Crippen LogP contribution in [-0.2, 0) is 4.79 Å². The van der Waals surface area contributed by atoms with Crippen molar-refractivity contribution < 1.29 is 4.79 Å². The fourth-order valence-corrected chi connectivity index (χ4v) is 3.41. The molecule has 0 saturated heterocycles. The molecule has 1 saturated carbocycles. The van der Waals surface area contributed by atoms with Gasteiger partial charge in [-0.05, 0) is 19.8 Å². The van der Waals surface area contributed by atoms with E-state index in [0.717, 1.165) is 24.2 Å². The van der Waals surface area contributed by atoms with Crippen LogP contribution in [0, 0.1) is 6.92 Å². The van der Waals surface area contributed by atoms with Crippen LogP contribution in [0.1, 0.15) is 37.7 Å². The lowest BCUT2D eigenvalue weighted by molar-refractivity contribution is -0.119. The molecule has 1 heterocycles. The van der Waals surface area contributed by atoms with Gasteiger partial charge in [0.05, 0.1) is 5.75 Å². The minimum atomic E-state index is 0.0728. The Hall–Kier alpha value is -1.82. The monoisotopic (exact) mass is 330 g/mol. The Labute approximate surface area is 140 Å². The first-order chi connectivity index (χ1) is 11.2. The lowest BCUT2D eigenvalue weighted by Gasteiger charge is -2.22. The normalized spacial score (nSPS) is 15.5. The summed E-state index contributed by atoms with van der Waals surface area (Å²) in [6, 6.07) is 8.47. The molecule has 0 unspecified atom stereocenters. The van der Waals surface area contributed by atoms with Crippen LogP contribution in [0.15, 0.2) is 29.4 Å². The third kappa shape index (κ3) is 4.58. The first kappa shape index (κ1) is 16.1. The van der Waals surface area contributed by atoms with Crippen molar-refractivity contribution in [2.24, 2.45) is 0 Å². The predicted molar refractivity (Wildman–Crippen MR) is 92.3 cm³/mol. The van der Waals surface area contributed by atoms with Gasteiger partial charge in [-0.3, -0.25) is 9.89 Å². The van der Waals surface area contributed by atoms with E-state index < -0.39 is 0 Å². The van der Waals surface area contributed by atoms with Crippen LogP contribution in [0.2, 0.25) is 0 Å². The van der Waals surface area contributed by atoms with E-state index in [1.165, 1.54) is 36.6 Å². The van der Waals surface area contributed by atoms with Crippen molar-refractivity contribution in [3.8, 4) is 11.4 Å². The SMILES string of the molecule is Cc1ccc(-c2nc(SCC(=O)NC3CCCCC3)n[nH]2)cc1. The van der Waals surface area contributed by atoms with E-state index in [2.05, 4.69) is 27.4 Å². The van der Waals surface area contributed by atoms with E-state index in [1.54, 1.807) is 0 Å². The number of aromatic nitrogens is 3. The van der Waals surface area contributed by atoms with Crippen molar-refractivity contribution >= 4 is 17.7 Å². The van der Waals surface area contributed by atoms with Gasteiger partial charge in [-0.15, -0.1) is 5.10 Å². The van der Waals surface area contributed by atoms with Crippen molar-refractivity contribution in [2.75, 3.05) is 5.75 Å². The number of nitrogens with one attached hydrogen (secondary N) is 2. The van der Waals surface area contributed by atoms with Gasteiger partial charge in [-0.25, -0.2) is 4.98 Å². The van der Waals surface area contributed by atoms with Crippen LogP contribution in [0.3, 0.4) is 0 Å². The molecule has 2 N–H and O–H groups in total. The van der Waals surface area contributed by atoms with Gasteiger partial charge in [0.15, 0.2) is 5.82 Å². The van der Waals surface area contributed by atoms with Crippen molar-refractivity contribution in [2.45, 2.75) is 50.2 Å². The number of aromatic amines is 1. The molecule has 0 aliphatic heterocycles. The molecule has 2 aromatic rings. The zero-order valence-electron chi connectivity index (χ0n) is 13.3. The molecule has 3 rings (SSSR count). The average Bonchev–Trinajstić information content (AvgIpc) is 3.04. The number of rotatable bonds is 5. The van der Waals surface area contributed by atoms with E-state index in [4.69, 9.17) is 0 Å². The number of H-pyrrole nitrogens is 1. The summed E-state index contributed by atoms with van der Waals surface area (Å²) in [7, 11) is 0. The summed E-state index contributed by atoms with van der Waals surface area (Å²) >= 11 is 1.37. The van der Waals surface area contributed by atoms with E-state index in [0.29, 0.717) is 17.0 Å². The van der Waals surface area contributed by atoms with Crippen LogP contribution in [0.4, 0.5) is 0 Å². The number of amides is 1. The van der Waals surface area contributed by atoms with Gasteiger partial charge in [0.25, 0.3) is 0 Å². The third-order valence-electron chi connectivity index (χ3n) is 4.09. The van der Waals surface area contributed by atoms with Crippen LogP contribution >= 0.6 is 11.8 Å². The molecular weight excluding hydrogens is 308 g/mol. The molecule has 0 radical (unpaired) electrons. The summed E-state index contributed by atoms with van der Waals surface area (Å²) < 4.78 is 0. The van der Waals surface area contributed by atoms with E-state index in [-0.39, 0.29) is 5.91 Å². The molecule has 5 nitrogen and oxygen atoms in total. The number of thioether (sulfide) groups is 1. The van der Waals surface area contributed by atoms with Crippen molar-refractivity contribution in [3.63, 3.8) is 0 Å². The van der Waals surface area contributed by atoms with Gasteiger partial charge >= 0.3 is 0 Å². The van der Waals surface area contributed by atoms with E-state index in [1.807, 2.05) is 24.3 Å². The number of hydrogen-bond donors (Lipinski definition) is 2. The van der Waals surface area contributed by atoms with Crippen LogP contribution in [-0.4, -0.2) is 32.9 Å². The topological polar surface area (TPSA) is 70.7 Å². The summed E-state index contributed by atoms with van der Waals surface area (Å²) in [4.78, 5) is 16.4. The smallest absolute Gasteiger partial charge is 0.230 e. The molecular formula is C17H22N4OS. The van der Waals surface area contributed by atoms with Gasteiger partial charge < -0.3 is 5.32 Å². The van der Waals surface area contributed by atoms with E-state index >= 15 is 0 Å². The van der Waals surface area contributed by atoms with Gasteiger partial charge in [-0.2, -0.15) is 0 Å². The minimum Gasteiger partial charge on any atom is -0.353 e. The second-order valence-electron chi connectivity index (χ2n) is 6.02. The Morgan fingerprint density at radius 1 is 1.26 bits per heavy atom. The minimum absolute atomic E-state index is 0.0728. The number of hydrogen-bond acceptors (Lipinski definition) is 4. The summed E-state index contributed by atoms with van der Waals surface area (Å²) in [6.45, 7) is 2.05. The second kappa shape index (κ2) is 7.64. The first-order valence-corrected chi connectivity index (χ1v) is 9.11. The highest BCUT2D eigenvalue weighted by Crippen LogP contribution is 2.20. The molecule has 1 aliphatic rings. The maximum Gasteiger partial charge on any atom is 0.230 e. The third-order valence-corrected chi connectivity index (χ3v) is 4.94. The fraction of sp³-hybridized carbons (Fsp3) is 0.471. The largest absolute Gasteiger partial charge is 0.353 e. The molecule has 1 aliphatic carbocycles. The first-order valence-electron chi connectivity index (χ1n) is 8.12. The highest BCUT2D eigenvalue weighted by molar-refractivity contribution is 7.99. The highest BCUT2D eigenvalue weighted by atomic mass is 32.2. The molecule has 1 aromatic carbocycles. The molecule has 0 spiro atoms. The number of nitrogens with zero attached hydrogens (tertiary/aromatic N) is 2. The Morgan fingerprint density at radius 2 is 2.00 bits per heavy atom. The molecule has 1 aromatic heterocycles. The second-order valence-corrected chi connectivity index (χ2v) is 6.97. The van der Waals surface area contributed by atoms with Crippen LogP contribution in [0.25, 0.3) is 11.4 Å². The zero-order valence-corrected chi connectivity index (χ0v) is 14.2. The summed E-state index contributed by atoms with van der Waals surface area (Å²) in [5, 5.41) is 10.8. The average molecular weight is 330 g/mol. The molecule has 6 heteroatoms. The fourth-order valence-electron chi connectivity index (χ4n) is 2.80. The van der Waals surface area contributed by atoms with Crippen LogP contribution in [0.5, 0.6) is 0 Å². The van der Waals surface area contributed by atoms with Crippen LogP contribution < -0.4 is 5.32 Å². The maximum absolute atomic E-state index is 12.0. The maximum atomic E-state index is 12.0. The van der Waals surface area contributed by atoms with Gasteiger partial charge in [0.1, 0.15) is 0 Å². The zero-order chi connectivity index (χ0) is 16.1. The predicted octanol–water partition coefficient (Wildman–Crippen LogP) is 3.32. The Morgan fingerprint density at radius 3 is 2.74 bits per heavy atom. The number of carbonyl (C=O) groups is 1. The van der Waals surface area contributed by atoms with Gasteiger partial charge in [-0.1, -0.05) is 60.9 Å². The standard InChI is InChI=1S/C17H22N4OS/c1-12-7-9-13(10-8-12)16-19-17(21-20-16)23-11-15(22)18-14-5-3-2-4-6-14/h7-10,14H,2-6,11H2,1H3,(H,18,22)(H,19,20,21). The Bertz CT molecular complexity index is 647. The lowest BCUT2D eigenvalue weighted by Crippen LogP contribution is -2.37. The molecule has 0 bridgehead atoms. The molecule has 23 heavy (non-hydrogen) atoms.